The summed E-state index contributed by atoms with van der Waals surface area (Å²) in [6, 6.07) is 0. The molecule has 0 aliphatic carbocycles. The maximum absolute atomic E-state index is 4.97. The number of hydrogen-bond acceptors (Lipinski definition) is 2. The lowest BCUT2D eigenvalue weighted by molar-refractivity contribution is 0.290. The highest BCUT2D eigenvalue weighted by atomic mass is 28.3. The van der Waals surface area contributed by atoms with Crippen LogP contribution in [0.15, 0.2) is 11.8 Å². The molecule has 0 spiro atoms. The predicted octanol–water partition coefficient (Wildman–Crippen LogP) is -0.837. The van der Waals surface area contributed by atoms with Crippen LogP contribution in [0.25, 0.3) is 0 Å². The number of allylic oxidation sites excluding steroid dienone is 1. The monoisotopic (exact) mass is 164 g/mol. The molecule has 0 aromatic heterocycles. The van der Waals surface area contributed by atoms with E-state index >= 15 is 0 Å². The molecule has 0 bridgehead atoms. The Balaban J connectivity index is 0. The molecule has 0 heterocycles. The van der Waals surface area contributed by atoms with Gasteiger partial charge in [0.25, 0.3) is 0 Å². The highest BCUT2D eigenvalue weighted by Gasteiger charge is 1.99. The van der Waals surface area contributed by atoms with Crippen molar-refractivity contribution < 1.29 is 8.85 Å². The lowest BCUT2D eigenvalue weighted by Gasteiger charge is -2.02. The van der Waals surface area contributed by atoms with Gasteiger partial charge in [-0.2, -0.15) is 0 Å². The molecule has 0 atom stereocenters. The van der Waals surface area contributed by atoms with E-state index < -0.39 is 9.28 Å². The van der Waals surface area contributed by atoms with Crippen LogP contribution in [0.4, 0.5) is 0 Å². The van der Waals surface area contributed by atoms with Crippen LogP contribution in [0.1, 0.15) is 6.92 Å². The summed E-state index contributed by atoms with van der Waals surface area (Å²) in [4.78, 5) is 0. The molecule has 0 aromatic carbocycles. The van der Waals surface area contributed by atoms with Crippen LogP contribution in [-0.4, -0.2) is 34.5 Å². The molecule has 0 amide bonds. The van der Waals surface area contributed by atoms with E-state index in [1.165, 1.54) is 0 Å². The van der Waals surface area contributed by atoms with Crippen LogP contribution < -0.4 is 0 Å². The molecule has 56 valence electrons. The van der Waals surface area contributed by atoms with E-state index in [1.54, 1.807) is 14.2 Å². The molecular weight excluding hydrogens is 148 g/mol. The van der Waals surface area contributed by atoms with E-state index in [-0.39, 0.29) is 11.0 Å². The van der Waals surface area contributed by atoms with Crippen LogP contribution in [0, 0.1) is 0 Å². The van der Waals surface area contributed by atoms with Gasteiger partial charge in [0.05, 0.1) is 0 Å². The van der Waals surface area contributed by atoms with E-state index in [2.05, 4.69) is 0 Å². The molecule has 0 rings (SSSR count). The van der Waals surface area contributed by atoms with Crippen LogP contribution in [0.2, 0.25) is 0 Å². The third-order valence-corrected chi connectivity index (χ3v) is 2.44. The van der Waals surface area contributed by atoms with Gasteiger partial charge in [-0.1, -0.05) is 6.08 Å². The highest BCUT2D eigenvalue weighted by Crippen LogP contribution is 1.84. The minimum atomic E-state index is -1.37. The largest absolute Gasteiger partial charge is 0.397 e. The maximum atomic E-state index is 4.97. The SMILES string of the molecule is CC=C[SiH](OC)OC.[SiH4]. The zero-order chi connectivity index (χ0) is 6.41. The second kappa shape index (κ2) is 8.09. The van der Waals surface area contributed by atoms with Crippen molar-refractivity contribution in [1.29, 1.82) is 0 Å². The molecule has 0 fully saturated rings. The number of rotatable bonds is 3. The van der Waals surface area contributed by atoms with E-state index in [0.717, 1.165) is 0 Å². The van der Waals surface area contributed by atoms with Crippen LogP contribution in [0.3, 0.4) is 0 Å². The first kappa shape index (κ1) is 11.8. The maximum Gasteiger partial charge on any atom is 0.347 e. The molecule has 2 nitrogen and oxygen atoms in total. The Labute approximate surface area is 62.7 Å². The Hall–Kier alpha value is 0.0938. The van der Waals surface area contributed by atoms with Crippen LogP contribution in [0.5, 0.6) is 0 Å². The molecule has 0 saturated heterocycles. The smallest absolute Gasteiger partial charge is 0.347 e. The standard InChI is InChI=1S/C5H12O2Si.H4Si/c1-4-5-8(6-2)7-3;/h4-5,8H,1-3H3;1H4. The Morgan fingerprint density at radius 2 is 1.67 bits per heavy atom. The van der Waals surface area contributed by atoms with Crippen molar-refractivity contribution in [1.82, 2.24) is 0 Å². The minimum Gasteiger partial charge on any atom is -0.397 e. The first-order valence-corrected chi connectivity index (χ1v) is 4.14. The lowest BCUT2D eigenvalue weighted by atomic mass is 10.8. The molecule has 9 heavy (non-hydrogen) atoms. The fraction of sp³-hybridized carbons (Fsp3) is 0.600. The van der Waals surface area contributed by atoms with Gasteiger partial charge in [0.15, 0.2) is 0 Å². The third-order valence-electron chi connectivity index (χ3n) is 0.814. The lowest BCUT2D eigenvalue weighted by Crippen LogP contribution is -2.15. The van der Waals surface area contributed by atoms with Crippen molar-refractivity contribution in [2.45, 2.75) is 6.92 Å². The second-order valence-electron chi connectivity index (χ2n) is 1.37. The zero-order valence-electron chi connectivity index (χ0n) is 5.55. The van der Waals surface area contributed by atoms with Crippen molar-refractivity contribution in [2.24, 2.45) is 0 Å². The van der Waals surface area contributed by atoms with E-state index in [4.69, 9.17) is 8.85 Å². The number of hydrogen-bond donors (Lipinski definition) is 0. The predicted molar refractivity (Wildman–Crippen MR) is 47.3 cm³/mol. The zero-order valence-corrected chi connectivity index (χ0v) is 6.70. The fourth-order valence-corrected chi connectivity index (χ4v) is 1.23. The molecule has 0 unspecified atom stereocenters. The van der Waals surface area contributed by atoms with Gasteiger partial charge in [-0.05, 0) is 23.6 Å². The summed E-state index contributed by atoms with van der Waals surface area (Å²) >= 11 is 0. The second-order valence-corrected chi connectivity index (χ2v) is 3.43. The van der Waals surface area contributed by atoms with Gasteiger partial charge in [-0.3, -0.25) is 0 Å². The summed E-state index contributed by atoms with van der Waals surface area (Å²) in [5.74, 6) is 0. The molecule has 0 aliphatic heterocycles. The average molecular weight is 164 g/mol. The van der Waals surface area contributed by atoms with E-state index in [1.807, 2.05) is 18.7 Å². The average Bonchev–Trinajstić information content (AvgIpc) is 1.83. The molecule has 0 aliphatic rings. The van der Waals surface area contributed by atoms with Crippen LogP contribution >= 0.6 is 0 Å². The van der Waals surface area contributed by atoms with Gasteiger partial charge in [-0.15, -0.1) is 0 Å². The minimum absolute atomic E-state index is 0. The van der Waals surface area contributed by atoms with Crippen LogP contribution in [-0.2, 0) is 8.85 Å². The topological polar surface area (TPSA) is 18.5 Å². The summed E-state index contributed by atoms with van der Waals surface area (Å²) in [7, 11) is 1.96. The normalized spacial score (nSPS) is 10.2. The Morgan fingerprint density at radius 1 is 1.22 bits per heavy atom. The Morgan fingerprint density at radius 3 is 1.78 bits per heavy atom. The van der Waals surface area contributed by atoms with E-state index in [9.17, 15) is 0 Å². The molecule has 0 aromatic rings. The fourth-order valence-electron chi connectivity index (χ4n) is 0.410. The Kier molecular flexibility index (Phi) is 10.6. The van der Waals surface area contributed by atoms with Crippen molar-refractivity contribution in [3.8, 4) is 0 Å². The first-order valence-electron chi connectivity index (χ1n) is 2.53. The van der Waals surface area contributed by atoms with Gasteiger partial charge in [0.2, 0.25) is 0 Å². The molecular formula is C5H16O2Si2. The van der Waals surface area contributed by atoms with E-state index in [0.29, 0.717) is 0 Å². The van der Waals surface area contributed by atoms with Crippen molar-refractivity contribution in [3.63, 3.8) is 0 Å². The Bertz CT molecular complexity index is 71.4. The molecule has 0 radical (unpaired) electrons. The quantitative estimate of drug-likeness (QED) is 0.507. The summed E-state index contributed by atoms with van der Waals surface area (Å²) in [5.41, 5.74) is 1.97. The summed E-state index contributed by atoms with van der Waals surface area (Å²) in [5, 5.41) is 0. The molecule has 0 saturated carbocycles. The molecule has 0 N–H and O–H groups in total. The summed E-state index contributed by atoms with van der Waals surface area (Å²) < 4.78 is 9.94. The highest BCUT2D eigenvalue weighted by molar-refractivity contribution is 6.50. The van der Waals surface area contributed by atoms with Gasteiger partial charge in [-0.25, -0.2) is 0 Å². The third kappa shape index (κ3) is 5.97. The van der Waals surface area contributed by atoms with Gasteiger partial charge in [0.1, 0.15) is 0 Å². The summed E-state index contributed by atoms with van der Waals surface area (Å²) in [6.07, 6.45) is 1.95. The van der Waals surface area contributed by atoms with Crippen molar-refractivity contribution in [3.05, 3.63) is 11.8 Å². The first-order chi connectivity index (χ1) is 3.85. The summed E-state index contributed by atoms with van der Waals surface area (Å²) in [6.45, 7) is 1.96. The van der Waals surface area contributed by atoms with Gasteiger partial charge >= 0.3 is 9.28 Å². The van der Waals surface area contributed by atoms with Gasteiger partial charge in [0, 0.05) is 14.2 Å². The van der Waals surface area contributed by atoms with Gasteiger partial charge < -0.3 is 8.85 Å². The van der Waals surface area contributed by atoms with Crippen molar-refractivity contribution >= 4 is 20.2 Å². The van der Waals surface area contributed by atoms with Crippen molar-refractivity contribution in [2.75, 3.05) is 14.2 Å². The molecule has 4 heteroatoms.